The Hall–Kier alpha value is -1.85. The van der Waals surface area contributed by atoms with Gasteiger partial charge in [-0.15, -0.1) is 0 Å². The highest BCUT2D eigenvalue weighted by atomic mass is 16.4. The van der Waals surface area contributed by atoms with Gasteiger partial charge in [0, 0.05) is 18.7 Å². The minimum Gasteiger partial charge on any atom is -0.464 e. The first-order valence-electron chi connectivity index (χ1n) is 4.09. The maximum atomic E-state index is 10.5. The van der Waals surface area contributed by atoms with Crippen LogP contribution in [0.15, 0.2) is 12.5 Å². The zero-order valence-corrected chi connectivity index (χ0v) is 7.67. The van der Waals surface area contributed by atoms with E-state index in [1.165, 1.54) is 12.5 Å². The first-order chi connectivity index (χ1) is 6.63. The lowest BCUT2D eigenvalue weighted by molar-refractivity contribution is -0.110. The number of nitrogens with zero attached hydrogens (tertiary/aromatic N) is 2. The minimum absolute atomic E-state index is 0.0513. The molecule has 1 heterocycles. The van der Waals surface area contributed by atoms with E-state index in [9.17, 15) is 9.59 Å². The molecule has 0 fully saturated rings. The van der Waals surface area contributed by atoms with Gasteiger partial charge in [0.1, 0.15) is 6.33 Å². The third-order valence-corrected chi connectivity index (χ3v) is 1.72. The highest BCUT2D eigenvalue weighted by molar-refractivity contribution is 5.67. The molecule has 0 aliphatic carbocycles. The monoisotopic (exact) mass is 197 g/mol. The number of imidazole rings is 1. The first kappa shape index (κ1) is 10.2. The Morgan fingerprint density at radius 2 is 2.57 bits per heavy atom. The lowest BCUT2D eigenvalue weighted by atomic mass is 10.2. The molecular weight excluding hydrogens is 186 g/mol. The maximum absolute atomic E-state index is 10.5. The molecule has 1 atom stereocenters. The molecule has 0 aliphatic heterocycles. The van der Waals surface area contributed by atoms with Crippen molar-refractivity contribution in [3.05, 3.63) is 18.2 Å². The van der Waals surface area contributed by atoms with Crippen LogP contribution in [-0.4, -0.2) is 33.2 Å². The van der Waals surface area contributed by atoms with Gasteiger partial charge in [0.05, 0.1) is 5.69 Å². The van der Waals surface area contributed by atoms with Crippen LogP contribution in [0.4, 0.5) is 4.79 Å². The van der Waals surface area contributed by atoms with E-state index in [1.54, 1.807) is 0 Å². The first-order valence-corrected chi connectivity index (χ1v) is 4.09. The fourth-order valence-electron chi connectivity index (χ4n) is 1.06. The van der Waals surface area contributed by atoms with Crippen molar-refractivity contribution in [2.75, 3.05) is 0 Å². The largest absolute Gasteiger partial charge is 0.464 e. The summed E-state index contributed by atoms with van der Waals surface area (Å²) in [6, 6.07) is -0.0513. The number of carbonyl (C=O) groups excluding carboxylic acids is 1. The molecule has 6 heteroatoms. The molecule has 0 unspecified atom stereocenters. The molecule has 2 N–H and O–H groups in total. The number of amides is 1. The van der Waals surface area contributed by atoms with Gasteiger partial charge in [-0.2, -0.15) is 0 Å². The van der Waals surface area contributed by atoms with E-state index < -0.39 is 6.09 Å². The van der Waals surface area contributed by atoms with Crippen LogP contribution in [0.3, 0.4) is 0 Å². The second-order valence-electron chi connectivity index (χ2n) is 2.94. The molecule has 0 radical (unpaired) electrons. The molecule has 1 aromatic heterocycles. The van der Waals surface area contributed by atoms with E-state index in [0.717, 1.165) is 4.57 Å². The van der Waals surface area contributed by atoms with Crippen LogP contribution in [0.5, 0.6) is 0 Å². The number of aromatic nitrogens is 2. The highest BCUT2D eigenvalue weighted by Crippen LogP contribution is 2.00. The molecule has 1 aromatic rings. The van der Waals surface area contributed by atoms with E-state index in [-0.39, 0.29) is 6.04 Å². The number of carbonyl (C=O) groups is 2. The Morgan fingerprint density at radius 1 is 1.86 bits per heavy atom. The Morgan fingerprint density at radius 3 is 3.07 bits per heavy atom. The molecule has 0 spiro atoms. The summed E-state index contributed by atoms with van der Waals surface area (Å²) in [6.07, 6.45) is 2.70. The Bertz CT molecular complexity index is 334. The molecule has 76 valence electrons. The quantitative estimate of drug-likeness (QED) is 0.670. The Labute approximate surface area is 80.6 Å². The topological polar surface area (TPSA) is 84.2 Å². The number of hydrogen-bond acceptors (Lipinski definition) is 3. The summed E-state index contributed by atoms with van der Waals surface area (Å²) in [5, 5.41) is 11.1. The summed E-state index contributed by atoms with van der Waals surface area (Å²) in [7, 11) is 0. The SMILES string of the molecule is C[C@H](Cc1cn(C(=O)O)cn1)NC=O. The zero-order valence-electron chi connectivity index (χ0n) is 7.67. The molecule has 0 saturated carbocycles. The lowest BCUT2D eigenvalue weighted by Crippen LogP contribution is -2.26. The van der Waals surface area contributed by atoms with Crippen molar-refractivity contribution in [2.24, 2.45) is 0 Å². The molecule has 0 saturated heterocycles. The van der Waals surface area contributed by atoms with Gasteiger partial charge >= 0.3 is 6.09 Å². The van der Waals surface area contributed by atoms with E-state index in [0.29, 0.717) is 18.5 Å². The van der Waals surface area contributed by atoms with Crippen LogP contribution in [0.2, 0.25) is 0 Å². The molecular formula is C8H11N3O3. The van der Waals surface area contributed by atoms with E-state index in [1.807, 2.05) is 6.92 Å². The van der Waals surface area contributed by atoms with Crippen LogP contribution in [0.25, 0.3) is 0 Å². The van der Waals surface area contributed by atoms with Gasteiger partial charge in [0.2, 0.25) is 6.41 Å². The smallest absolute Gasteiger partial charge is 0.416 e. The molecule has 0 bridgehead atoms. The minimum atomic E-state index is -1.07. The maximum Gasteiger partial charge on any atom is 0.416 e. The average Bonchev–Trinajstić information content (AvgIpc) is 2.53. The number of hydrogen-bond donors (Lipinski definition) is 2. The Balaban J connectivity index is 2.59. The van der Waals surface area contributed by atoms with Crippen LogP contribution in [0.1, 0.15) is 12.6 Å². The summed E-state index contributed by atoms with van der Waals surface area (Å²) >= 11 is 0. The van der Waals surface area contributed by atoms with Gasteiger partial charge in [-0.1, -0.05) is 0 Å². The van der Waals surface area contributed by atoms with Gasteiger partial charge < -0.3 is 10.4 Å². The van der Waals surface area contributed by atoms with Crippen molar-refractivity contribution < 1.29 is 14.7 Å². The number of nitrogens with one attached hydrogen (secondary N) is 1. The molecule has 0 aliphatic rings. The average molecular weight is 197 g/mol. The van der Waals surface area contributed by atoms with Gasteiger partial charge in [-0.25, -0.2) is 14.3 Å². The zero-order chi connectivity index (χ0) is 10.6. The van der Waals surface area contributed by atoms with Crippen molar-refractivity contribution in [3.8, 4) is 0 Å². The molecule has 1 rings (SSSR count). The fourth-order valence-corrected chi connectivity index (χ4v) is 1.06. The van der Waals surface area contributed by atoms with Crippen LogP contribution < -0.4 is 5.32 Å². The summed E-state index contributed by atoms with van der Waals surface area (Å²) in [5.74, 6) is 0. The van der Waals surface area contributed by atoms with Crippen molar-refractivity contribution in [2.45, 2.75) is 19.4 Å². The van der Waals surface area contributed by atoms with Crippen molar-refractivity contribution >= 4 is 12.5 Å². The van der Waals surface area contributed by atoms with E-state index >= 15 is 0 Å². The summed E-state index contributed by atoms with van der Waals surface area (Å²) in [5.41, 5.74) is 0.634. The molecule has 1 amide bonds. The van der Waals surface area contributed by atoms with Crippen LogP contribution >= 0.6 is 0 Å². The third kappa shape index (κ3) is 2.58. The van der Waals surface area contributed by atoms with Crippen molar-refractivity contribution in [1.29, 1.82) is 0 Å². The number of rotatable bonds is 4. The summed E-state index contributed by atoms with van der Waals surface area (Å²) < 4.78 is 0.975. The predicted octanol–water partition coefficient (Wildman–Crippen LogP) is 0.0862. The second-order valence-corrected chi connectivity index (χ2v) is 2.94. The van der Waals surface area contributed by atoms with E-state index in [4.69, 9.17) is 5.11 Å². The van der Waals surface area contributed by atoms with Gasteiger partial charge in [-0.05, 0) is 6.92 Å². The van der Waals surface area contributed by atoms with Crippen molar-refractivity contribution in [1.82, 2.24) is 14.9 Å². The highest BCUT2D eigenvalue weighted by Gasteiger charge is 2.07. The normalized spacial score (nSPS) is 12.1. The Kier molecular flexibility index (Phi) is 3.22. The van der Waals surface area contributed by atoms with Gasteiger partial charge in [0.25, 0.3) is 0 Å². The summed E-state index contributed by atoms with van der Waals surface area (Å²) in [4.78, 5) is 24.5. The van der Waals surface area contributed by atoms with Crippen LogP contribution in [-0.2, 0) is 11.2 Å². The fraction of sp³-hybridized carbons (Fsp3) is 0.375. The summed E-state index contributed by atoms with van der Waals surface area (Å²) in [6.45, 7) is 1.81. The van der Waals surface area contributed by atoms with Gasteiger partial charge in [-0.3, -0.25) is 4.79 Å². The molecule has 0 aromatic carbocycles. The van der Waals surface area contributed by atoms with E-state index in [2.05, 4.69) is 10.3 Å². The standard InChI is InChI=1S/C8H11N3O3/c1-6(10-5-12)2-7-3-11(4-9-7)8(13)14/h3-6H,2H2,1H3,(H,10,12)(H,13,14)/t6-/m1/s1. The molecule has 14 heavy (non-hydrogen) atoms. The predicted molar refractivity (Wildman–Crippen MR) is 48.0 cm³/mol. The lowest BCUT2D eigenvalue weighted by Gasteiger charge is -2.06. The number of carboxylic acid groups (broad SMARTS) is 1. The second kappa shape index (κ2) is 4.40. The van der Waals surface area contributed by atoms with Crippen molar-refractivity contribution in [3.63, 3.8) is 0 Å². The third-order valence-electron chi connectivity index (χ3n) is 1.72. The van der Waals surface area contributed by atoms with Crippen LogP contribution in [0, 0.1) is 0 Å². The molecule has 6 nitrogen and oxygen atoms in total. The van der Waals surface area contributed by atoms with Gasteiger partial charge in [0.15, 0.2) is 0 Å².